The van der Waals surface area contributed by atoms with Crippen LogP contribution < -0.4 is 21.3 Å². The van der Waals surface area contributed by atoms with E-state index in [1.165, 1.54) is 0 Å². The summed E-state index contributed by atoms with van der Waals surface area (Å²) in [5, 5.41) is 19.7. The number of carbonyl (C=O) groups is 6. The fraction of sp³-hybridized carbons (Fsp3) is 0.684. The maximum absolute atomic E-state index is 14.6. The zero-order valence-corrected chi connectivity index (χ0v) is 34.0. The standard InChI is InChI=1S/C38H57F3N5O11P/c1-3-4-21-31(45-33(48)28(44-32(47)27-16-12-17-27)18-8-10-23-43-37(53)56-25-26-14-6-5-7-15-26)58(54,55-2)57-30(20-9-11-22-42-36(52)38(39,40)41)34(49)46-24-13-19-29(46)35(50)51/h5-7,14-15,27-31H,3-4,8-13,16-25H2,1-2H3,(H,42,52)(H,43,53)(H,44,47)(H,45,48)(H,50,51)/t28-,29-,30-,31?,58?/m0/s1. The molecule has 2 unspecified atom stereocenters. The number of nitrogens with one attached hydrogen (secondary N) is 4. The van der Waals surface area contributed by atoms with Crippen LogP contribution in [0.3, 0.4) is 0 Å². The molecule has 326 valence electrons. The number of unbranched alkanes of at least 4 members (excludes halogenated alkanes) is 3. The number of amides is 5. The number of carboxylic acids is 1. The lowest BCUT2D eigenvalue weighted by Gasteiger charge is -2.33. The molecule has 16 nitrogen and oxygen atoms in total. The number of hydrogen-bond donors (Lipinski definition) is 5. The summed E-state index contributed by atoms with van der Waals surface area (Å²) >= 11 is 0. The Kier molecular flexibility index (Phi) is 19.9. The largest absolute Gasteiger partial charge is 0.480 e. The first-order chi connectivity index (χ1) is 27.6. The van der Waals surface area contributed by atoms with Crippen LogP contribution in [0.15, 0.2) is 30.3 Å². The number of aliphatic carboxylic acids is 1. The van der Waals surface area contributed by atoms with Crippen LogP contribution in [0.2, 0.25) is 0 Å². The van der Waals surface area contributed by atoms with E-state index in [1.807, 2.05) is 37.3 Å². The van der Waals surface area contributed by atoms with Crippen LogP contribution in [0.5, 0.6) is 0 Å². The third-order valence-electron chi connectivity index (χ3n) is 10.1. The van der Waals surface area contributed by atoms with E-state index in [9.17, 15) is 51.6 Å². The summed E-state index contributed by atoms with van der Waals surface area (Å²) in [6.45, 7) is 1.86. The molecule has 0 bridgehead atoms. The minimum absolute atomic E-state index is 0.00466. The van der Waals surface area contributed by atoms with Crippen molar-refractivity contribution in [3.63, 3.8) is 0 Å². The van der Waals surface area contributed by atoms with Crippen LogP contribution in [-0.4, -0.2) is 103 Å². The van der Waals surface area contributed by atoms with E-state index in [2.05, 4.69) is 16.0 Å². The zero-order chi connectivity index (χ0) is 42.7. The minimum atomic E-state index is -5.08. The fourth-order valence-corrected chi connectivity index (χ4v) is 8.33. The van der Waals surface area contributed by atoms with Gasteiger partial charge in [-0.25, -0.2) is 9.59 Å². The van der Waals surface area contributed by atoms with Gasteiger partial charge in [0.2, 0.25) is 11.8 Å². The van der Waals surface area contributed by atoms with Crippen molar-refractivity contribution >= 4 is 43.3 Å². The molecule has 58 heavy (non-hydrogen) atoms. The second kappa shape index (κ2) is 24.0. The number of benzene rings is 1. The van der Waals surface area contributed by atoms with Gasteiger partial charge in [-0.2, -0.15) is 13.2 Å². The summed E-state index contributed by atoms with van der Waals surface area (Å²) in [5.41, 5.74) is 0.824. The lowest BCUT2D eigenvalue weighted by atomic mass is 9.84. The molecule has 0 spiro atoms. The van der Waals surface area contributed by atoms with Crippen molar-refractivity contribution < 1.29 is 65.4 Å². The first-order valence-corrected chi connectivity index (χ1v) is 21.5. The summed E-state index contributed by atoms with van der Waals surface area (Å²) < 4.78 is 69.2. The molecule has 3 rings (SSSR count). The van der Waals surface area contributed by atoms with Gasteiger partial charge >= 0.3 is 31.7 Å². The Balaban J connectivity index is 1.72. The van der Waals surface area contributed by atoms with Crippen molar-refractivity contribution in [2.45, 2.75) is 134 Å². The molecule has 5 amide bonds. The highest BCUT2D eigenvalue weighted by molar-refractivity contribution is 7.54. The van der Waals surface area contributed by atoms with Crippen molar-refractivity contribution in [3.05, 3.63) is 35.9 Å². The van der Waals surface area contributed by atoms with Gasteiger partial charge < -0.3 is 40.5 Å². The topological polar surface area (TPSA) is 219 Å². The van der Waals surface area contributed by atoms with Gasteiger partial charge in [-0.1, -0.05) is 56.5 Å². The monoisotopic (exact) mass is 847 g/mol. The summed E-state index contributed by atoms with van der Waals surface area (Å²) in [6.07, 6.45) is -2.70. The van der Waals surface area contributed by atoms with Crippen molar-refractivity contribution in [1.82, 2.24) is 26.2 Å². The summed E-state index contributed by atoms with van der Waals surface area (Å²) in [5.74, 6) is -6.76. The van der Waals surface area contributed by atoms with E-state index >= 15 is 0 Å². The van der Waals surface area contributed by atoms with Gasteiger partial charge in [0.15, 0.2) is 0 Å². The molecule has 1 aliphatic heterocycles. The van der Waals surface area contributed by atoms with E-state index in [4.69, 9.17) is 13.8 Å². The smallest absolute Gasteiger partial charge is 0.471 e. The van der Waals surface area contributed by atoms with Gasteiger partial charge in [-0.15, -0.1) is 0 Å². The van der Waals surface area contributed by atoms with Crippen molar-refractivity contribution in [1.29, 1.82) is 0 Å². The number of ether oxygens (including phenoxy) is 1. The summed E-state index contributed by atoms with van der Waals surface area (Å²) in [4.78, 5) is 77.3. The first kappa shape index (κ1) is 48.2. The minimum Gasteiger partial charge on any atom is -0.480 e. The number of halogens is 3. The maximum Gasteiger partial charge on any atom is 0.471 e. The first-order valence-electron chi connectivity index (χ1n) is 19.9. The van der Waals surface area contributed by atoms with Crippen molar-refractivity contribution in [2.24, 2.45) is 5.92 Å². The number of alkyl halides is 3. The third-order valence-corrected chi connectivity index (χ3v) is 12.3. The van der Waals surface area contributed by atoms with Gasteiger partial charge in [-0.05, 0) is 76.2 Å². The Hall–Kier alpha value is -4.22. The predicted octanol–water partition coefficient (Wildman–Crippen LogP) is 5.15. The molecule has 0 radical (unpaired) electrons. The van der Waals surface area contributed by atoms with E-state index in [0.717, 1.165) is 24.0 Å². The molecular formula is C38H57F3N5O11P. The summed E-state index contributed by atoms with van der Waals surface area (Å²) in [7, 11) is -3.39. The Labute approximate surface area is 336 Å². The predicted molar refractivity (Wildman–Crippen MR) is 204 cm³/mol. The SMILES string of the molecule is CCCCC(NC(=O)[C@H](CCCCNC(=O)OCc1ccccc1)NC(=O)C1CCC1)P(=O)(OC)O[C@@H](CCCCNC(=O)C(F)(F)F)C(=O)N1CCC[C@H]1C(=O)O. The normalized spacial score (nSPS) is 18.2. The molecule has 20 heteroatoms. The number of carbonyl (C=O) groups excluding carboxylic acids is 5. The number of carboxylic acid groups (broad SMARTS) is 1. The molecule has 5 atom stereocenters. The van der Waals surface area contributed by atoms with Gasteiger partial charge in [0.05, 0.1) is 0 Å². The van der Waals surface area contributed by atoms with Gasteiger partial charge in [-0.3, -0.25) is 28.3 Å². The number of likely N-dealkylation sites (tertiary alicyclic amines) is 1. The number of nitrogens with zero attached hydrogens (tertiary/aromatic N) is 1. The van der Waals surface area contributed by atoms with Crippen LogP contribution in [0, 0.1) is 5.92 Å². The lowest BCUT2D eigenvalue weighted by Crippen LogP contribution is -2.52. The number of alkyl carbamates (subject to hydrolysis) is 1. The van der Waals surface area contributed by atoms with Gasteiger partial charge in [0.25, 0.3) is 5.91 Å². The Bertz CT molecular complexity index is 1570. The molecular weight excluding hydrogens is 790 g/mol. The lowest BCUT2D eigenvalue weighted by molar-refractivity contribution is -0.173. The highest BCUT2D eigenvalue weighted by Gasteiger charge is 2.44. The molecule has 5 N–H and O–H groups in total. The third kappa shape index (κ3) is 15.5. The number of hydrogen-bond acceptors (Lipinski definition) is 10. The zero-order valence-electron chi connectivity index (χ0n) is 33.1. The Morgan fingerprint density at radius 3 is 2.17 bits per heavy atom. The van der Waals surface area contributed by atoms with Crippen LogP contribution in [0.1, 0.15) is 102 Å². The molecule has 1 aromatic rings. The molecule has 2 aliphatic rings. The molecule has 1 aromatic carbocycles. The average Bonchev–Trinajstić information content (AvgIpc) is 3.67. The van der Waals surface area contributed by atoms with Crippen molar-refractivity contribution in [3.8, 4) is 0 Å². The Morgan fingerprint density at radius 2 is 1.57 bits per heavy atom. The fourth-order valence-electron chi connectivity index (χ4n) is 6.51. The molecule has 2 fully saturated rings. The molecule has 0 aromatic heterocycles. The van der Waals surface area contributed by atoms with Crippen LogP contribution in [0.4, 0.5) is 18.0 Å². The van der Waals surface area contributed by atoms with E-state index in [0.29, 0.717) is 44.9 Å². The van der Waals surface area contributed by atoms with Crippen molar-refractivity contribution in [2.75, 3.05) is 26.7 Å². The quantitative estimate of drug-likeness (QED) is 0.0640. The highest BCUT2D eigenvalue weighted by Crippen LogP contribution is 2.54. The number of rotatable bonds is 25. The average molecular weight is 848 g/mol. The van der Waals surface area contributed by atoms with E-state index in [1.54, 1.807) is 5.32 Å². The Morgan fingerprint density at radius 1 is 0.897 bits per heavy atom. The van der Waals surface area contributed by atoms with E-state index < -0.39 is 67.5 Å². The van der Waals surface area contributed by atoms with Gasteiger partial charge in [0, 0.05) is 32.7 Å². The molecule has 1 saturated carbocycles. The summed E-state index contributed by atoms with van der Waals surface area (Å²) in [6, 6.07) is 6.89. The molecule has 1 aliphatic carbocycles. The maximum atomic E-state index is 14.6. The van der Waals surface area contributed by atoms with Crippen LogP contribution in [-0.2, 0) is 48.9 Å². The van der Waals surface area contributed by atoms with Gasteiger partial charge in [0.1, 0.15) is 30.6 Å². The second-order valence-corrected chi connectivity index (χ2v) is 16.7. The molecule has 1 saturated heterocycles. The molecule has 1 heterocycles. The highest BCUT2D eigenvalue weighted by atomic mass is 31.2. The second-order valence-electron chi connectivity index (χ2n) is 14.4. The van der Waals surface area contributed by atoms with Crippen LogP contribution >= 0.6 is 7.60 Å². The van der Waals surface area contributed by atoms with E-state index in [-0.39, 0.29) is 76.6 Å². The van der Waals surface area contributed by atoms with Crippen LogP contribution in [0.25, 0.3) is 0 Å².